The average molecular weight is 237 g/mol. The Balaban J connectivity index is 2.37. The first-order valence-electron chi connectivity index (χ1n) is 5.63. The van der Waals surface area contributed by atoms with E-state index in [0.717, 1.165) is 0 Å². The van der Waals surface area contributed by atoms with Crippen LogP contribution >= 0.6 is 0 Å². The van der Waals surface area contributed by atoms with Crippen LogP contribution in [0.3, 0.4) is 0 Å². The zero-order valence-electron chi connectivity index (χ0n) is 9.63. The largest absolute Gasteiger partial charge is 0.393 e. The van der Waals surface area contributed by atoms with Crippen molar-refractivity contribution in [1.29, 1.82) is 0 Å². The molecule has 0 bridgehead atoms. The normalized spacial score (nSPS) is 24.6. The van der Waals surface area contributed by atoms with Crippen molar-refractivity contribution in [3.8, 4) is 0 Å². The summed E-state index contributed by atoms with van der Waals surface area (Å²) in [7, 11) is 0. The first-order valence-corrected chi connectivity index (χ1v) is 5.63. The SMILES string of the molecule is Cc1cccc(C2CC(O)CCO2)c1[N+](=O)[O-]. The van der Waals surface area contributed by atoms with Gasteiger partial charge in [-0.1, -0.05) is 12.1 Å². The van der Waals surface area contributed by atoms with Gasteiger partial charge < -0.3 is 9.84 Å². The number of nitro benzene ring substituents is 1. The van der Waals surface area contributed by atoms with E-state index >= 15 is 0 Å². The van der Waals surface area contributed by atoms with Crippen LogP contribution < -0.4 is 0 Å². The second kappa shape index (κ2) is 4.81. The predicted molar refractivity (Wildman–Crippen MR) is 61.8 cm³/mol. The van der Waals surface area contributed by atoms with Crippen LogP contribution in [0.4, 0.5) is 5.69 Å². The van der Waals surface area contributed by atoms with Crippen molar-refractivity contribution < 1.29 is 14.8 Å². The smallest absolute Gasteiger partial charge is 0.278 e. The molecule has 1 saturated heterocycles. The lowest BCUT2D eigenvalue weighted by molar-refractivity contribution is -0.386. The zero-order valence-corrected chi connectivity index (χ0v) is 9.63. The highest BCUT2D eigenvalue weighted by Gasteiger charge is 2.29. The highest BCUT2D eigenvalue weighted by molar-refractivity contribution is 5.48. The summed E-state index contributed by atoms with van der Waals surface area (Å²) in [5.41, 5.74) is 1.29. The molecule has 5 nitrogen and oxygen atoms in total. The summed E-state index contributed by atoms with van der Waals surface area (Å²) in [5.74, 6) is 0. The molecule has 2 rings (SSSR count). The Labute approximate surface area is 99.2 Å². The van der Waals surface area contributed by atoms with Crippen molar-refractivity contribution in [3.63, 3.8) is 0 Å². The maximum absolute atomic E-state index is 11.1. The number of rotatable bonds is 2. The fraction of sp³-hybridized carbons (Fsp3) is 0.500. The van der Waals surface area contributed by atoms with Crippen LogP contribution in [0.2, 0.25) is 0 Å². The molecule has 0 saturated carbocycles. The predicted octanol–water partition coefficient (Wildman–Crippen LogP) is 2.12. The zero-order chi connectivity index (χ0) is 12.4. The maximum atomic E-state index is 11.1. The summed E-state index contributed by atoms with van der Waals surface area (Å²) in [5, 5.41) is 20.6. The Kier molecular flexibility index (Phi) is 3.40. The Morgan fingerprint density at radius 2 is 2.29 bits per heavy atom. The van der Waals surface area contributed by atoms with Crippen molar-refractivity contribution in [2.24, 2.45) is 0 Å². The van der Waals surface area contributed by atoms with Gasteiger partial charge in [0.2, 0.25) is 0 Å². The molecule has 92 valence electrons. The topological polar surface area (TPSA) is 72.6 Å². The molecule has 1 N–H and O–H groups in total. The van der Waals surface area contributed by atoms with Gasteiger partial charge in [0, 0.05) is 18.6 Å². The molecule has 0 aliphatic carbocycles. The number of nitro groups is 1. The lowest BCUT2D eigenvalue weighted by Gasteiger charge is -2.26. The Hall–Kier alpha value is -1.46. The molecular weight excluding hydrogens is 222 g/mol. The fourth-order valence-corrected chi connectivity index (χ4v) is 2.19. The number of benzene rings is 1. The van der Waals surface area contributed by atoms with Gasteiger partial charge in [-0.2, -0.15) is 0 Å². The number of aliphatic hydroxyl groups excluding tert-OH is 1. The molecule has 1 fully saturated rings. The minimum atomic E-state index is -0.436. The summed E-state index contributed by atoms with van der Waals surface area (Å²) in [6.45, 7) is 2.15. The second-order valence-electron chi connectivity index (χ2n) is 4.31. The number of ether oxygens (including phenoxy) is 1. The van der Waals surface area contributed by atoms with Gasteiger partial charge in [0.25, 0.3) is 5.69 Å². The van der Waals surface area contributed by atoms with Gasteiger partial charge in [0.1, 0.15) is 0 Å². The lowest BCUT2D eigenvalue weighted by Crippen LogP contribution is -2.24. The van der Waals surface area contributed by atoms with Gasteiger partial charge >= 0.3 is 0 Å². The van der Waals surface area contributed by atoms with E-state index in [4.69, 9.17) is 4.74 Å². The van der Waals surface area contributed by atoms with Crippen molar-refractivity contribution >= 4 is 5.69 Å². The van der Waals surface area contributed by atoms with Crippen LogP contribution in [0.25, 0.3) is 0 Å². The molecule has 2 atom stereocenters. The van der Waals surface area contributed by atoms with E-state index in [9.17, 15) is 15.2 Å². The van der Waals surface area contributed by atoms with Crippen LogP contribution in [0.15, 0.2) is 18.2 Å². The van der Waals surface area contributed by atoms with Gasteiger partial charge in [-0.3, -0.25) is 10.1 Å². The minimum Gasteiger partial charge on any atom is -0.393 e. The van der Waals surface area contributed by atoms with E-state index in [1.165, 1.54) is 0 Å². The van der Waals surface area contributed by atoms with Crippen LogP contribution in [-0.2, 0) is 4.74 Å². The summed E-state index contributed by atoms with van der Waals surface area (Å²) < 4.78 is 5.52. The van der Waals surface area contributed by atoms with Crippen molar-refractivity contribution in [2.75, 3.05) is 6.61 Å². The molecular formula is C12H15NO4. The molecule has 1 heterocycles. The first-order chi connectivity index (χ1) is 8.09. The number of nitrogens with zero attached hydrogens (tertiary/aromatic N) is 1. The summed E-state index contributed by atoms with van der Waals surface area (Å²) in [6, 6.07) is 5.19. The minimum absolute atomic E-state index is 0.103. The van der Waals surface area contributed by atoms with Crippen LogP contribution in [0, 0.1) is 17.0 Å². The van der Waals surface area contributed by atoms with Crippen LogP contribution in [-0.4, -0.2) is 22.7 Å². The molecule has 0 aromatic heterocycles. The Morgan fingerprint density at radius 1 is 1.53 bits per heavy atom. The molecule has 0 radical (unpaired) electrons. The number of hydrogen-bond donors (Lipinski definition) is 1. The second-order valence-corrected chi connectivity index (χ2v) is 4.31. The lowest BCUT2D eigenvalue weighted by atomic mass is 9.96. The summed E-state index contributed by atoms with van der Waals surface area (Å²) in [4.78, 5) is 10.7. The van der Waals surface area contributed by atoms with Crippen molar-refractivity contribution in [1.82, 2.24) is 0 Å². The molecule has 0 spiro atoms. The van der Waals surface area contributed by atoms with E-state index in [1.54, 1.807) is 25.1 Å². The van der Waals surface area contributed by atoms with Crippen molar-refractivity contribution in [2.45, 2.75) is 32.0 Å². The van der Waals surface area contributed by atoms with Gasteiger partial charge in [-0.25, -0.2) is 0 Å². The standard InChI is InChI=1S/C12H15NO4/c1-8-3-2-4-10(12(8)13(15)16)11-7-9(14)5-6-17-11/h2-4,9,11,14H,5-7H2,1H3. The first kappa shape index (κ1) is 12.0. The third-order valence-electron chi connectivity index (χ3n) is 3.05. The molecule has 5 heteroatoms. The van der Waals surface area contributed by atoms with E-state index in [-0.39, 0.29) is 16.7 Å². The van der Waals surface area contributed by atoms with Gasteiger partial charge in [0.05, 0.1) is 22.7 Å². The van der Waals surface area contributed by atoms with Crippen LogP contribution in [0.5, 0.6) is 0 Å². The monoisotopic (exact) mass is 237 g/mol. The maximum Gasteiger partial charge on any atom is 0.278 e. The summed E-state index contributed by atoms with van der Waals surface area (Å²) >= 11 is 0. The molecule has 1 aliphatic rings. The molecule has 1 aromatic rings. The van der Waals surface area contributed by atoms with Gasteiger partial charge in [-0.05, 0) is 19.4 Å². The highest BCUT2D eigenvalue weighted by Crippen LogP contribution is 2.35. The third kappa shape index (κ3) is 2.45. The average Bonchev–Trinajstić information content (AvgIpc) is 2.28. The van der Waals surface area contributed by atoms with E-state index in [0.29, 0.717) is 30.6 Å². The number of aryl methyl sites for hydroxylation is 1. The molecule has 1 aliphatic heterocycles. The quantitative estimate of drug-likeness (QED) is 0.631. The Morgan fingerprint density at radius 3 is 2.94 bits per heavy atom. The van der Waals surface area contributed by atoms with Crippen LogP contribution in [0.1, 0.15) is 30.1 Å². The Bertz CT molecular complexity index is 433. The highest BCUT2D eigenvalue weighted by atomic mass is 16.6. The number of aliphatic hydroxyl groups is 1. The molecule has 0 amide bonds. The molecule has 1 aromatic carbocycles. The van der Waals surface area contributed by atoms with E-state index in [2.05, 4.69) is 0 Å². The fourth-order valence-electron chi connectivity index (χ4n) is 2.19. The molecule has 2 unspecified atom stereocenters. The van der Waals surface area contributed by atoms with Crippen molar-refractivity contribution in [3.05, 3.63) is 39.4 Å². The van der Waals surface area contributed by atoms with Gasteiger partial charge in [0.15, 0.2) is 0 Å². The molecule has 17 heavy (non-hydrogen) atoms. The summed E-state index contributed by atoms with van der Waals surface area (Å²) in [6.07, 6.45) is 0.202. The number of hydrogen-bond acceptors (Lipinski definition) is 4. The third-order valence-corrected chi connectivity index (χ3v) is 3.05. The van der Waals surface area contributed by atoms with Gasteiger partial charge in [-0.15, -0.1) is 0 Å². The van der Waals surface area contributed by atoms with E-state index < -0.39 is 6.10 Å². The number of para-hydroxylation sites is 1. The van der Waals surface area contributed by atoms with E-state index in [1.807, 2.05) is 0 Å².